The summed E-state index contributed by atoms with van der Waals surface area (Å²) in [5.41, 5.74) is 0. The van der Waals surface area contributed by atoms with E-state index in [4.69, 9.17) is 5.11 Å². The zero-order chi connectivity index (χ0) is 13.0. The third-order valence-electron chi connectivity index (χ3n) is 1.59. The second-order valence-electron chi connectivity index (χ2n) is 2.61. The van der Waals surface area contributed by atoms with Gasteiger partial charge in [0.05, 0.1) is 13.2 Å². The van der Waals surface area contributed by atoms with E-state index in [9.17, 15) is 18.1 Å². The topological polar surface area (TPSA) is 72.8 Å². The van der Waals surface area contributed by atoms with E-state index < -0.39 is 24.1 Å². The van der Waals surface area contributed by atoms with Gasteiger partial charge in [-0.15, -0.1) is 0 Å². The van der Waals surface area contributed by atoms with Gasteiger partial charge in [-0.05, 0) is 13.8 Å². The minimum atomic E-state index is -4.49. The molecule has 1 N–H and O–H groups in total. The van der Waals surface area contributed by atoms with Crippen LogP contribution in [-0.4, -0.2) is 34.8 Å². The quantitative estimate of drug-likeness (QED) is 0.575. The van der Waals surface area contributed by atoms with Crippen LogP contribution in [0.15, 0.2) is 0 Å². The fourth-order valence-electron chi connectivity index (χ4n) is 0.895. The summed E-state index contributed by atoms with van der Waals surface area (Å²) in [5.74, 6) is -1.99. The van der Waals surface area contributed by atoms with Crippen LogP contribution < -0.4 is 0 Å². The Bertz CT molecular complexity index is 291. The Morgan fingerprint density at radius 2 is 1.81 bits per heavy atom. The molecule has 0 spiro atoms. The number of rotatable bonds is 7. The van der Waals surface area contributed by atoms with Gasteiger partial charge in [-0.1, -0.05) is 15.9 Å². The minimum absolute atomic E-state index is 0.204. The van der Waals surface area contributed by atoms with E-state index in [2.05, 4.69) is 25.0 Å². The highest BCUT2D eigenvalue weighted by Crippen LogP contribution is 2.65. The zero-order valence-electron chi connectivity index (χ0n) is 8.65. The molecule has 5 nitrogen and oxygen atoms in total. The normalized spacial score (nSPS) is 16.1. The highest BCUT2D eigenvalue weighted by atomic mass is 79.9. The fourth-order valence-corrected chi connectivity index (χ4v) is 3.11. The molecule has 0 aliphatic rings. The molecule has 0 rings (SSSR count). The standard InChI is InChI=1S/C7H12BrF2O5P/c1-3-14-16(13,15-4-2)7(8,5(9)10)6(11)12/h5H,3-4H2,1-2H3,(H,11,12)/t7-/m0/s1. The lowest BCUT2D eigenvalue weighted by molar-refractivity contribution is -0.141. The number of alkyl halides is 3. The fraction of sp³-hybridized carbons (Fsp3) is 0.857. The van der Waals surface area contributed by atoms with E-state index in [0.717, 1.165) is 0 Å². The molecule has 0 aliphatic heterocycles. The van der Waals surface area contributed by atoms with Crippen LogP contribution >= 0.6 is 23.5 Å². The molecule has 0 radical (unpaired) electrons. The van der Waals surface area contributed by atoms with Gasteiger partial charge in [-0.3, -0.25) is 4.57 Å². The Kier molecular flexibility index (Phi) is 6.03. The predicted octanol–water partition coefficient (Wildman–Crippen LogP) is 2.69. The lowest BCUT2D eigenvalue weighted by Gasteiger charge is -2.29. The van der Waals surface area contributed by atoms with Gasteiger partial charge in [0.1, 0.15) is 0 Å². The molecule has 0 bridgehead atoms. The minimum Gasteiger partial charge on any atom is -0.480 e. The van der Waals surface area contributed by atoms with Crippen molar-refractivity contribution < 1.29 is 32.3 Å². The largest absolute Gasteiger partial charge is 0.480 e. The van der Waals surface area contributed by atoms with Gasteiger partial charge in [0.2, 0.25) is 0 Å². The van der Waals surface area contributed by atoms with Crippen molar-refractivity contribution >= 4 is 29.5 Å². The van der Waals surface area contributed by atoms with Crippen LogP contribution in [0, 0.1) is 0 Å². The van der Waals surface area contributed by atoms with Crippen molar-refractivity contribution in [2.45, 2.75) is 24.3 Å². The van der Waals surface area contributed by atoms with E-state index in [-0.39, 0.29) is 13.2 Å². The summed E-state index contributed by atoms with van der Waals surface area (Å²) in [4.78, 5) is 10.8. The summed E-state index contributed by atoms with van der Waals surface area (Å²) in [7, 11) is -4.49. The van der Waals surface area contributed by atoms with Crippen molar-refractivity contribution in [3.63, 3.8) is 0 Å². The number of carbonyl (C=O) groups is 1. The van der Waals surface area contributed by atoms with Crippen molar-refractivity contribution in [1.29, 1.82) is 0 Å². The maximum absolute atomic E-state index is 12.7. The number of aliphatic carboxylic acids is 1. The van der Waals surface area contributed by atoms with E-state index >= 15 is 0 Å². The number of hydrogen-bond acceptors (Lipinski definition) is 4. The molecule has 0 saturated heterocycles. The van der Waals surface area contributed by atoms with Crippen molar-refractivity contribution in [2.75, 3.05) is 13.2 Å². The van der Waals surface area contributed by atoms with Crippen LogP contribution in [0.4, 0.5) is 8.78 Å². The second-order valence-corrected chi connectivity index (χ2v) is 6.69. The van der Waals surface area contributed by atoms with E-state index in [1.54, 1.807) is 0 Å². The first-order chi connectivity index (χ1) is 7.26. The van der Waals surface area contributed by atoms with Crippen LogP contribution in [0.3, 0.4) is 0 Å². The summed E-state index contributed by atoms with van der Waals surface area (Å²) in [5, 5.41) is 8.73. The van der Waals surface area contributed by atoms with E-state index in [1.807, 2.05) is 0 Å². The molecule has 1 atom stereocenters. The van der Waals surface area contributed by atoms with Crippen molar-refractivity contribution in [2.24, 2.45) is 0 Å². The van der Waals surface area contributed by atoms with Crippen molar-refractivity contribution in [3.05, 3.63) is 0 Å². The molecule has 0 amide bonds. The van der Waals surface area contributed by atoms with E-state index in [0.29, 0.717) is 0 Å². The highest BCUT2D eigenvalue weighted by molar-refractivity contribution is 9.11. The van der Waals surface area contributed by atoms with Crippen LogP contribution in [0.2, 0.25) is 0 Å². The van der Waals surface area contributed by atoms with Crippen LogP contribution in [0.25, 0.3) is 0 Å². The molecule has 0 aromatic carbocycles. The predicted molar refractivity (Wildman–Crippen MR) is 56.2 cm³/mol. The van der Waals surface area contributed by atoms with E-state index in [1.165, 1.54) is 13.8 Å². The first-order valence-electron chi connectivity index (χ1n) is 4.35. The van der Waals surface area contributed by atoms with Gasteiger partial charge in [0.25, 0.3) is 10.5 Å². The third-order valence-corrected chi connectivity index (χ3v) is 5.95. The smallest absolute Gasteiger partial charge is 0.364 e. The average molecular weight is 325 g/mol. The number of hydrogen-bond donors (Lipinski definition) is 1. The van der Waals surface area contributed by atoms with Crippen molar-refractivity contribution in [3.8, 4) is 0 Å². The molecule has 0 fully saturated rings. The van der Waals surface area contributed by atoms with Gasteiger partial charge < -0.3 is 14.2 Å². The average Bonchev–Trinajstić information content (AvgIpc) is 2.16. The molecule has 0 aromatic rings. The van der Waals surface area contributed by atoms with Crippen LogP contribution in [0.5, 0.6) is 0 Å². The summed E-state index contributed by atoms with van der Waals surface area (Å²) < 4.78 is 43.5. The Morgan fingerprint density at radius 1 is 1.44 bits per heavy atom. The number of carboxylic acid groups (broad SMARTS) is 1. The highest BCUT2D eigenvalue weighted by Gasteiger charge is 2.62. The zero-order valence-corrected chi connectivity index (χ0v) is 11.1. The third kappa shape index (κ3) is 2.80. The molecule has 0 heterocycles. The van der Waals surface area contributed by atoms with Crippen LogP contribution in [0.1, 0.15) is 13.8 Å². The van der Waals surface area contributed by atoms with Crippen molar-refractivity contribution in [1.82, 2.24) is 0 Å². The monoisotopic (exact) mass is 324 g/mol. The first-order valence-corrected chi connectivity index (χ1v) is 6.69. The summed E-state index contributed by atoms with van der Waals surface area (Å²) in [6.07, 6.45) is -3.44. The number of carboxylic acids is 1. The molecule has 96 valence electrons. The van der Waals surface area contributed by atoms with Gasteiger partial charge in [0.15, 0.2) is 0 Å². The summed E-state index contributed by atoms with van der Waals surface area (Å²) in [6, 6.07) is 0. The maximum Gasteiger partial charge on any atom is 0.364 e. The van der Waals surface area contributed by atoms with Crippen LogP contribution in [-0.2, 0) is 18.4 Å². The Labute approximate surface area is 99.8 Å². The molecule has 0 aliphatic carbocycles. The Morgan fingerprint density at radius 3 is 2.00 bits per heavy atom. The van der Waals surface area contributed by atoms with Gasteiger partial charge in [-0.25, -0.2) is 13.6 Å². The van der Waals surface area contributed by atoms with Gasteiger partial charge in [-0.2, -0.15) is 0 Å². The Balaban J connectivity index is 5.44. The lowest BCUT2D eigenvalue weighted by atomic mass is 10.4. The summed E-state index contributed by atoms with van der Waals surface area (Å²) >= 11 is 2.28. The first kappa shape index (κ1) is 16.0. The SMILES string of the molecule is CCOP(=O)(OCC)[C@](Br)(C(=O)O)C(F)F. The molecule has 0 aromatic heterocycles. The molecule has 9 heteroatoms. The molecule has 16 heavy (non-hydrogen) atoms. The molecular formula is C7H12BrF2O5P. The second kappa shape index (κ2) is 6.05. The van der Waals surface area contributed by atoms with Gasteiger partial charge >= 0.3 is 13.6 Å². The molecule has 0 saturated carbocycles. The Hall–Kier alpha value is -0.0400. The molecular weight excluding hydrogens is 313 g/mol. The van der Waals surface area contributed by atoms with Gasteiger partial charge in [0, 0.05) is 0 Å². The maximum atomic E-state index is 12.7. The number of halogens is 3. The molecule has 0 unspecified atom stereocenters. The summed E-state index contributed by atoms with van der Waals surface area (Å²) in [6.45, 7) is 2.38. The lowest BCUT2D eigenvalue weighted by Crippen LogP contribution is -2.40.